The summed E-state index contributed by atoms with van der Waals surface area (Å²) in [5.74, 6) is 1.19. The molecule has 1 aromatic rings. The Bertz CT molecular complexity index is 539. The van der Waals surface area contributed by atoms with Gasteiger partial charge in [0.2, 0.25) is 0 Å². The van der Waals surface area contributed by atoms with Gasteiger partial charge in [0.1, 0.15) is 4.88 Å². The third-order valence-corrected chi connectivity index (χ3v) is 5.84. The van der Waals surface area contributed by atoms with Crippen LogP contribution in [0, 0.1) is 11.8 Å². The van der Waals surface area contributed by atoms with E-state index in [9.17, 15) is 9.59 Å². The fourth-order valence-electron chi connectivity index (χ4n) is 3.60. The molecular formula is C16H21NO3S. The first kappa shape index (κ1) is 14.6. The maximum Gasteiger partial charge on any atom is 0.348 e. The number of hydrogen-bond donors (Lipinski definition) is 0. The Kier molecular flexibility index (Phi) is 4.29. The number of piperidine rings is 1. The second-order valence-corrected chi connectivity index (χ2v) is 7.08. The number of ether oxygens (including phenoxy) is 1. The predicted molar refractivity (Wildman–Crippen MR) is 81.6 cm³/mol. The van der Waals surface area contributed by atoms with Crippen LogP contribution in [0.2, 0.25) is 0 Å². The van der Waals surface area contributed by atoms with Crippen molar-refractivity contribution >= 4 is 23.2 Å². The van der Waals surface area contributed by atoms with Gasteiger partial charge in [0, 0.05) is 13.1 Å². The summed E-state index contributed by atoms with van der Waals surface area (Å²) in [5, 5.41) is 0. The molecule has 2 aliphatic rings. The number of esters is 1. The van der Waals surface area contributed by atoms with Gasteiger partial charge in [-0.2, -0.15) is 0 Å². The van der Waals surface area contributed by atoms with Crippen LogP contribution < -0.4 is 0 Å². The first-order chi connectivity index (χ1) is 10.2. The molecule has 2 heterocycles. The maximum atomic E-state index is 12.6. The number of fused-ring (bicyclic) bond motifs is 1. The smallest absolute Gasteiger partial charge is 0.348 e. The van der Waals surface area contributed by atoms with E-state index in [0.717, 1.165) is 25.4 Å². The highest BCUT2D eigenvalue weighted by atomic mass is 32.1. The van der Waals surface area contributed by atoms with Crippen LogP contribution in [0.5, 0.6) is 0 Å². The molecule has 1 aliphatic heterocycles. The van der Waals surface area contributed by atoms with Crippen molar-refractivity contribution in [3.63, 3.8) is 0 Å². The molecule has 0 aromatic carbocycles. The van der Waals surface area contributed by atoms with Gasteiger partial charge in [-0.15, -0.1) is 11.3 Å². The summed E-state index contributed by atoms with van der Waals surface area (Å²) in [5.41, 5.74) is 0. The van der Waals surface area contributed by atoms with E-state index in [0.29, 0.717) is 15.7 Å². The number of carbonyl (C=O) groups excluding carboxylic acids is 2. The van der Waals surface area contributed by atoms with Gasteiger partial charge in [-0.1, -0.05) is 19.3 Å². The molecule has 0 radical (unpaired) electrons. The van der Waals surface area contributed by atoms with Crippen molar-refractivity contribution in [1.82, 2.24) is 4.90 Å². The van der Waals surface area contributed by atoms with E-state index in [2.05, 4.69) is 0 Å². The van der Waals surface area contributed by atoms with Crippen LogP contribution in [0.25, 0.3) is 0 Å². The molecule has 1 saturated carbocycles. The molecule has 3 rings (SSSR count). The van der Waals surface area contributed by atoms with Crippen molar-refractivity contribution < 1.29 is 14.3 Å². The van der Waals surface area contributed by atoms with Crippen molar-refractivity contribution in [2.45, 2.75) is 32.1 Å². The Labute approximate surface area is 129 Å². The second-order valence-electron chi connectivity index (χ2n) is 6.00. The summed E-state index contributed by atoms with van der Waals surface area (Å²) in [6.45, 7) is 1.74. The Hall–Kier alpha value is -1.36. The maximum absolute atomic E-state index is 12.6. The molecule has 2 fully saturated rings. The van der Waals surface area contributed by atoms with Crippen LogP contribution in [0.1, 0.15) is 51.4 Å². The summed E-state index contributed by atoms with van der Waals surface area (Å²) in [6, 6.07) is 3.42. The molecule has 0 unspecified atom stereocenters. The number of amides is 1. The Morgan fingerprint density at radius 1 is 1.14 bits per heavy atom. The van der Waals surface area contributed by atoms with Gasteiger partial charge in [0.15, 0.2) is 0 Å². The van der Waals surface area contributed by atoms with Crippen molar-refractivity contribution in [1.29, 1.82) is 0 Å². The number of thiophene rings is 1. The van der Waals surface area contributed by atoms with E-state index in [-0.39, 0.29) is 11.9 Å². The minimum Gasteiger partial charge on any atom is -0.465 e. The number of likely N-dealkylation sites (tertiary alicyclic amines) is 1. The van der Waals surface area contributed by atoms with E-state index in [4.69, 9.17) is 4.74 Å². The number of rotatable bonds is 2. The number of hydrogen-bond acceptors (Lipinski definition) is 4. The first-order valence-corrected chi connectivity index (χ1v) is 8.48. The molecule has 5 heteroatoms. The quantitative estimate of drug-likeness (QED) is 0.788. The average Bonchev–Trinajstić information content (AvgIpc) is 3.03. The van der Waals surface area contributed by atoms with Crippen LogP contribution in [0.4, 0.5) is 0 Å². The van der Waals surface area contributed by atoms with E-state index >= 15 is 0 Å². The lowest BCUT2D eigenvalue weighted by Crippen LogP contribution is -2.44. The van der Waals surface area contributed by atoms with Crippen LogP contribution in [0.15, 0.2) is 12.1 Å². The molecule has 1 aromatic heterocycles. The topological polar surface area (TPSA) is 46.6 Å². The lowest BCUT2D eigenvalue weighted by Gasteiger charge is -2.41. The highest BCUT2D eigenvalue weighted by Gasteiger charge is 2.33. The van der Waals surface area contributed by atoms with Crippen LogP contribution in [-0.4, -0.2) is 37.0 Å². The van der Waals surface area contributed by atoms with E-state index in [1.54, 1.807) is 12.1 Å². The molecule has 2 atom stereocenters. The lowest BCUT2D eigenvalue weighted by molar-refractivity contribution is 0.0525. The second kappa shape index (κ2) is 6.18. The molecule has 1 aliphatic carbocycles. The molecule has 4 nitrogen and oxygen atoms in total. The Balaban J connectivity index is 1.67. The molecule has 21 heavy (non-hydrogen) atoms. The molecule has 0 bridgehead atoms. The zero-order valence-corrected chi connectivity index (χ0v) is 13.2. The van der Waals surface area contributed by atoms with Crippen LogP contribution in [0.3, 0.4) is 0 Å². The van der Waals surface area contributed by atoms with Gasteiger partial charge in [-0.25, -0.2) is 4.79 Å². The third-order valence-electron chi connectivity index (χ3n) is 4.78. The van der Waals surface area contributed by atoms with Crippen molar-refractivity contribution in [3.05, 3.63) is 21.9 Å². The van der Waals surface area contributed by atoms with E-state index in [1.165, 1.54) is 44.1 Å². The van der Waals surface area contributed by atoms with Crippen LogP contribution in [-0.2, 0) is 4.74 Å². The average molecular weight is 307 g/mol. The van der Waals surface area contributed by atoms with Crippen molar-refractivity contribution in [2.24, 2.45) is 11.8 Å². The van der Waals surface area contributed by atoms with Crippen molar-refractivity contribution in [2.75, 3.05) is 20.2 Å². The van der Waals surface area contributed by atoms with Gasteiger partial charge in [0.25, 0.3) is 5.91 Å². The summed E-state index contributed by atoms with van der Waals surface area (Å²) >= 11 is 1.23. The summed E-state index contributed by atoms with van der Waals surface area (Å²) in [7, 11) is 1.36. The van der Waals surface area contributed by atoms with Gasteiger partial charge >= 0.3 is 5.97 Å². The summed E-state index contributed by atoms with van der Waals surface area (Å²) in [6.07, 6.45) is 6.37. The zero-order chi connectivity index (χ0) is 14.8. The van der Waals surface area contributed by atoms with Gasteiger partial charge < -0.3 is 9.64 Å². The standard InChI is InChI=1S/C16H21NO3S/c1-20-16(19)14-7-6-13(21-14)15(18)17-9-8-11-4-2-3-5-12(11)10-17/h6-7,11-12H,2-5,8-10H2,1H3/t11-,12-/m0/s1. The fourth-order valence-corrected chi connectivity index (χ4v) is 4.50. The van der Waals surface area contributed by atoms with Crippen LogP contribution >= 0.6 is 11.3 Å². The number of nitrogens with zero attached hydrogens (tertiary/aromatic N) is 1. The lowest BCUT2D eigenvalue weighted by atomic mass is 9.75. The molecule has 0 N–H and O–H groups in total. The largest absolute Gasteiger partial charge is 0.465 e. The summed E-state index contributed by atoms with van der Waals surface area (Å²) in [4.78, 5) is 27.2. The number of methoxy groups -OCH3 is 1. The van der Waals surface area contributed by atoms with Crippen molar-refractivity contribution in [3.8, 4) is 0 Å². The molecular weight excluding hydrogens is 286 g/mol. The minimum atomic E-state index is -0.370. The highest BCUT2D eigenvalue weighted by Crippen LogP contribution is 2.36. The minimum absolute atomic E-state index is 0.0687. The van der Waals surface area contributed by atoms with E-state index in [1.807, 2.05) is 4.90 Å². The van der Waals surface area contributed by atoms with Gasteiger partial charge in [-0.3, -0.25) is 4.79 Å². The number of carbonyl (C=O) groups is 2. The normalized spacial score (nSPS) is 25.3. The molecule has 114 valence electrons. The van der Waals surface area contributed by atoms with Gasteiger partial charge in [-0.05, 0) is 36.8 Å². The SMILES string of the molecule is COC(=O)c1ccc(C(=O)N2CC[C@@H]3CCCC[C@H]3C2)s1. The Morgan fingerprint density at radius 2 is 1.86 bits per heavy atom. The highest BCUT2D eigenvalue weighted by molar-refractivity contribution is 7.15. The monoisotopic (exact) mass is 307 g/mol. The molecule has 1 saturated heterocycles. The Morgan fingerprint density at radius 3 is 2.62 bits per heavy atom. The molecule has 1 amide bonds. The zero-order valence-electron chi connectivity index (χ0n) is 12.3. The first-order valence-electron chi connectivity index (χ1n) is 7.66. The fraction of sp³-hybridized carbons (Fsp3) is 0.625. The third kappa shape index (κ3) is 2.98. The van der Waals surface area contributed by atoms with E-state index < -0.39 is 0 Å². The predicted octanol–water partition coefficient (Wildman–Crippen LogP) is 3.19. The van der Waals surface area contributed by atoms with Gasteiger partial charge in [0.05, 0.1) is 12.0 Å². The molecule has 0 spiro atoms. The summed E-state index contributed by atoms with van der Waals surface area (Å²) < 4.78 is 4.69.